The van der Waals surface area contributed by atoms with Crippen LogP contribution in [0, 0.1) is 17.8 Å². The Morgan fingerprint density at radius 2 is 1.91 bits per heavy atom. The van der Waals surface area contributed by atoms with E-state index in [1.807, 2.05) is 20.8 Å². The van der Waals surface area contributed by atoms with Crippen LogP contribution < -0.4 is 16.2 Å². The summed E-state index contributed by atoms with van der Waals surface area (Å²) < 4.78 is 0. The molecule has 2 atom stereocenters. The van der Waals surface area contributed by atoms with Crippen molar-refractivity contribution in [3.05, 3.63) is 0 Å². The fraction of sp³-hybridized carbons (Fsp3) is 0.714. The highest BCUT2D eigenvalue weighted by atomic mass is 16.5. The average Bonchev–Trinajstić information content (AvgIpc) is 2.81. The monoisotopic (exact) mass is 328 g/mol. The number of hydrogen-bond acceptors (Lipinski definition) is 5. The van der Waals surface area contributed by atoms with E-state index < -0.39 is 35.6 Å². The molecule has 0 radical (unpaired) electrons. The molecule has 0 aromatic carbocycles. The third-order valence-electron chi connectivity index (χ3n) is 3.66. The van der Waals surface area contributed by atoms with E-state index in [-0.39, 0.29) is 12.5 Å². The van der Waals surface area contributed by atoms with Gasteiger partial charge in [0.15, 0.2) is 0 Å². The lowest BCUT2D eigenvalue weighted by atomic mass is 9.81. The number of hydrazine groups is 1. The number of amides is 5. The summed E-state index contributed by atoms with van der Waals surface area (Å²) in [5.41, 5.74) is 3.86. The zero-order valence-corrected chi connectivity index (χ0v) is 13.6. The Morgan fingerprint density at radius 1 is 1.26 bits per heavy atom. The third kappa shape index (κ3) is 4.92. The van der Waals surface area contributed by atoms with Gasteiger partial charge in [-0.1, -0.05) is 27.2 Å². The molecular weight excluding hydrogens is 304 g/mol. The predicted molar refractivity (Wildman–Crippen MR) is 79.7 cm³/mol. The van der Waals surface area contributed by atoms with Crippen LogP contribution in [0.5, 0.6) is 0 Å². The molecule has 1 fully saturated rings. The number of carbonyl (C=O) groups excluding carboxylic acids is 4. The zero-order chi connectivity index (χ0) is 17.6. The largest absolute Gasteiger partial charge is 0.343 e. The Kier molecular flexibility index (Phi) is 6.95. The molecule has 0 bridgehead atoms. The van der Waals surface area contributed by atoms with Crippen molar-refractivity contribution >= 4 is 23.8 Å². The molecule has 0 saturated carbocycles. The topological polar surface area (TPSA) is 128 Å². The number of nitrogens with one attached hydrogen (secondary N) is 3. The van der Waals surface area contributed by atoms with Crippen LogP contribution in [0.1, 0.15) is 40.0 Å². The molecule has 1 heterocycles. The fourth-order valence-corrected chi connectivity index (χ4v) is 2.60. The molecule has 23 heavy (non-hydrogen) atoms. The number of nitrogens with zero attached hydrogens (tertiary/aromatic N) is 1. The third-order valence-corrected chi connectivity index (χ3v) is 3.66. The lowest BCUT2D eigenvalue weighted by molar-refractivity contribution is -0.144. The van der Waals surface area contributed by atoms with Crippen molar-refractivity contribution in [1.29, 1.82) is 0 Å². The van der Waals surface area contributed by atoms with Gasteiger partial charge in [-0.25, -0.2) is 10.3 Å². The molecule has 4 N–H and O–H groups in total. The first-order chi connectivity index (χ1) is 10.8. The zero-order valence-electron chi connectivity index (χ0n) is 13.6. The van der Waals surface area contributed by atoms with Gasteiger partial charge in [0.05, 0.1) is 11.8 Å². The van der Waals surface area contributed by atoms with Gasteiger partial charge in [-0.15, -0.1) is 0 Å². The summed E-state index contributed by atoms with van der Waals surface area (Å²) in [6, 6.07) is -0.703. The van der Waals surface area contributed by atoms with Crippen molar-refractivity contribution in [2.45, 2.75) is 40.0 Å². The molecule has 130 valence electrons. The van der Waals surface area contributed by atoms with Gasteiger partial charge in [-0.2, -0.15) is 5.01 Å². The highest BCUT2D eigenvalue weighted by Crippen LogP contribution is 2.25. The lowest BCUT2D eigenvalue weighted by Gasteiger charge is -2.27. The molecule has 9 nitrogen and oxygen atoms in total. The highest BCUT2D eigenvalue weighted by molar-refractivity contribution is 6.03. The first kappa shape index (κ1) is 18.9. The number of urea groups is 1. The van der Waals surface area contributed by atoms with E-state index in [0.717, 1.165) is 0 Å². The molecule has 0 aromatic heterocycles. The maximum atomic E-state index is 12.5. The maximum Gasteiger partial charge on any atom is 0.343 e. The van der Waals surface area contributed by atoms with Crippen molar-refractivity contribution in [2.24, 2.45) is 17.8 Å². The number of hydrogen-bond donors (Lipinski definition) is 4. The van der Waals surface area contributed by atoms with Crippen LogP contribution in [-0.2, 0) is 14.4 Å². The van der Waals surface area contributed by atoms with Gasteiger partial charge < -0.3 is 5.32 Å². The van der Waals surface area contributed by atoms with Gasteiger partial charge in [0, 0.05) is 0 Å². The molecule has 1 unspecified atom stereocenters. The molecule has 1 rings (SSSR count). The van der Waals surface area contributed by atoms with E-state index in [0.29, 0.717) is 24.3 Å². The smallest absolute Gasteiger partial charge is 0.327 e. The van der Waals surface area contributed by atoms with E-state index in [9.17, 15) is 19.2 Å². The number of rotatable bonds is 8. The molecule has 0 aliphatic carbocycles. The molecular formula is C14H24N4O5. The first-order valence-electron chi connectivity index (χ1n) is 7.67. The van der Waals surface area contributed by atoms with Crippen LogP contribution in [0.15, 0.2) is 0 Å². The van der Waals surface area contributed by atoms with E-state index in [2.05, 4.69) is 10.7 Å². The number of imide groups is 1. The Balaban J connectivity index is 2.94. The van der Waals surface area contributed by atoms with Crippen LogP contribution in [0.2, 0.25) is 0 Å². The standard InChI is InChI=1S/C14H24N4O5/c1-4-5-9(13(21)17-23)10(6-8(2)3)12(20)16-18-11(19)7-15-14(18)22/h8-10,23H,4-7H2,1-3H3,(H,15,22)(H,16,20)(H,17,21)/t9?,10-/m1/s1. The SMILES string of the molecule is CCCC(C(=O)NO)[C@@H](CC(C)C)C(=O)NN1C(=O)CNC1=O. The fourth-order valence-electron chi connectivity index (χ4n) is 2.60. The minimum Gasteiger partial charge on any atom is -0.327 e. The second-order valence-electron chi connectivity index (χ2n) is 5.97. The summed E-state index contributed by atoms with van der Waals surface area (Å²) in [5.74, 6) is -3.20. The van der Waals surface area contributed by atoms with Gasteiger partial charge in [0.25, 0.3) is 5.91 Å². The summed E-state index contributed by atoms with van der Waals surface area (Å²) in [5, 5.41) is 11.8. The van der Waals surface area contributed by atoms with Gasteiger partial charge in [0.1, 0.15) is 6.54 Å². The van der Waals surface area contributed by atoms with Crippen LogP contribution in [0.4, 0.5) is 4.79 Å². The van der Waals surface area contributed by atoms with Crippen molar-refractivity contribution in [3.63, 3.8) is 0 Å². The van der Waals surface area contributed by atoms with Gasteiger partial charge in [-0.3, -0.25) is 25.0 Å². The van der Waals surface area contributed by atoms with Gasteiger partial charge in [0.2, 0.25) is 11.8 Å². The molecule has 1 aliphatic heterocycles. The van der Waals surface area contributed by atoms with E-state index in [1.54, 1.807) is 5.48 Å². The molecule has 0 aromatic rings. The van der Waals surface area contributed by atoms with Gasteiger partial charge in [-0.05, 0) is 18.8 Å². The van der Waals surface area contributed by atoms with Crippen LogP contribution in [-0.4, -0.2) is 40.5 Å². The summed E-state index contributed by atoms with van der Waals surface area (Å²) in [4.78, 5) is 47.5. The van der Waals surface area contributed by atoms with Crippen LogP contribution in [0.3, 0.4) is 0 Å². The minimum atomic E-state index is -0.761. The number of hydroxylamine groups is 1. The Labute approximate surface area is 134 Å². The van der Waals surface area contributed by atoms with Gasteiger partial charge >= 0.3 is 6.03 Å². The van der Waals surface area contributed by atoms with E-state index in [1.165, 1.54) is 0 Å². The van der Waals surface area contributed by atoms with E-state index >= 15 is 0 Å². The van der Waals surface area contributed by atoms with Crippen molar-refractivity contribution in [3.8, 4) is 0 Å². The molecule has 1 aliphatic rings. The van der Waals surface area contributed by atoms with Crippen molar-refractivity contribution in [1.82, 2.24) is 21.2 Å². The van der Waals surface area contributed by atoms with Crippen molar-refractivity contribution in [2.75, 3.05) is 6.54 Å². The Morgan fingerprint density at radius 3 is 2.35 bits per heavy atom. The minimum absolute atomic E-state index is 0.111. The maximum absolute atomic E-state index is 12.5. The normalized spacial score (nSPS) is 17.0. The average molecular weight is 328 g/mol. The van der Waals surface area contributed by atoms with Crippen molar-refractivity contribution < 1.29 is 24.4 Å². The first-order valence-corrected chi connectivity index (χ1v) is 7.67. The van der Waals surface area contributed by atoms with Crippen LogP contribution in [0.25, 0.3) is 0 Å². The summed E-state index contributed by atoms with van der Waals surface area (Å²) in [7, 11) is 0. The number of carbonyl (C=O) groups is 4. The quantitative estimate of drug-likeness (QED) is 0.286. The second kappa shape index (κ2) is 8.47. The summed E-state index contributed by atoms with van der Waals surface area (Å²) in [6.07, 6.45) is 1.42. The predicted octanol–water partition coefficient (Wildman–Crippen LogP) is 0.153. The molecule has 0 spiro atoms. The second-order valence-corrected chi connectivity index (χ2v) is 5.97. The van der Waals surface area contributed by atoms with E-state index in [4.69, 9.17) is 5.21 Å². The molecule has 9 heteroatoms. The highest BCUT2D eigenvalue weighted by Gasteiger charge is 2.37. The van der Waals surface area contributed by atoms with Crippen LogP contribution >= 0.6 is 0 Å². The summed E-state index contributed by atoms with van der Waals surface area (Å²) in [6.45, 7) is 5.48. The summed E-state index contributed by atoms with van der Waals surface area (Å²) >= 11 is 0. The Bertz CT molecular complexity index is 464. The molecule has 1 saturated heterocycles. The lowest BCUT2D eigenvalue weighted by Crippen LogP contribution is -2.51. The molecule has 5 amide bonds. The Hall–Kier alpha value is -2.16.